The van der Waals surface area contributed by atoms with Crippen molar-refractivity contribution in [1.82, 2.24) is 10.2 Å². The monoisotopic (exact) mass is 302 g/mol. The number of aliphatic carboxylic acids is 1. The van der Waals surface area contributed by atoms with Gasteiger partial charge in [0.05, 0.1) is 11.8 Å². The third kappa shape index (κ3) is 4.18. The first-order valence-electron chi connectivity index (χ1n) is 7.03. The van der Waals surface area contributed by atoms with Gasteiger partial charge in [0.25, 0.3) is 5.56 Å². The molecule has 0 saturated heterocycles. The van der Waals surface area contributed by atoms with Gasteiger partial charge in [-0.2, -0.15) is 5.10 Å². The van der Waals surface area contributed by atoms with E-state index >= 15 is 0 Å². The molecule has 1 aromatic heterocycles. The van der Waals surface area contributed by atoms with E-state index in [-0.39, 0.29) is 24.5 Å². The number of hydrogen-bond acceptors (Lipinski definition) is 4. The molecule has 2 aromatic rings. The lowest BCUT2D eigenvalue weighted by atomic mass is 10.1. The lowest BCUT2D eigenvalue weighted by Gasteiger charge is -2.10. The average molecular weight is 302 g/mol. The molecular weight excluding hydrogens is 284 g/mol. The van der Waals surface area contributed by atoms with Gasteiger partial charge in [-0.05, 0) is 50.6 Å². The quantitative estimate of drug-likeness (QED) is 0.853. The molecule has 0 aliphatic heterocycles. The maximum Gasteiger partial charge on any atom is 0.303 e. The Morgan fingerprint density at radius 1 is 1.32 bits per heavy atom. The topological polar surface area (TPSA) is 92.3 Å². The van der Waals surface area contributed by atoms with Crippen molar-refractivity contribution in [2.45, 2.75) is 32.8 Å². The molecule has 6 heteroatoms. The fraction of sp³-hybridized carbons (Fsp3) is 0.312. The van der Waals surface area contributed by atoms with Crippen molar-refractivity contribution in [2.75, 3.05) is 0 Å². The van der Waals surface area contributed by atoms with Gasteiger partial charge >= 0.3 is 5.97 Å². The smallest absolute Gasteiger partial charge is 0.303 e. The standard InChI is InChI=1S/C16H18N2O4/c1-10(2)22-13-6-3-11(4-7-13)14-9-12(5-8-15(19)20)16(21)18-17-14/h3-4,6-7,9-10H,5,8H2,1-2H3,(H,18,21)(H,19,20). The third-order valence-corrected chi connectivity index (χ3v) is 3.01. The van der Waals surface area contributed by atoms with E-state index in [0.717, 1.165) is 11.3 Å². The number of aromatic nitrogens is 2. The van der Waals surface area contributed by atoms with E-state index in [1.165, 1.54) is 0 Å². The Hall–Kier alpha value is -2.63. The number of H-pyrrole nitrogens is 1. The molecule has 22 heavy (non-hydrogen) atoms. The van der Waals surface area contributed by atoms with Gasteiger partial charge in [-0.15, -0.1) is 0 Å². The zero-order valence-electron chi connectivity index (χ0n) is 12.5. The Kier molecular flexibility index (Phi) is 4.93. The van der Waals surface area contributed by atoms with Gasteiger partial charge in [0.15, 0.2) is 0 Å². The van der Waals surface area contributed by atoms with Crippen LogP contribution in [0.2, 0.25) is 0 Å². The number of carboxylic acid groups (broad SMARTS) is 1. The van der Waals surface area contributed by atoms with Gasteiger partial charge in [0, 0.05) is 17.5 Å². The second-order valence-corrected chi connectivity index (χ2v) is 5.19. The predicted octanol–water partition coefficient (Wildman–Crippen LogP) is 2.24. The first kappa shape index (κ1) is 15.8. The molecule has 0 spiro atoms. The number of rotatable bonds is 6. The number of nitrogens with zero attached hydrogens (tertiary/aromatic N) is 1. The summed E-state index contributed by atoms with van der Waals surface area (Å²) in [5.41, 5.74) is 1.47. The van der Waals surface area contributed by atoms with Gasteiger partial charge in [0.2, 0.25) is 0 Å². The molecule has 0 amide bonds. The molecule has 0 saturated carbocycles. The summed E-state index contributed by atoms with van der Waals surface area (Å²) in [6.07, 6.45) is 0.183. The number of aromatic amines is 1. The molecule has 0 bridgehead atoms. The van der Waals surface area contributed by atoms with Crippen LogP contribution in [0.15, 0.2) is 35.1 Å². The SMILES string of the molecule is CC(C)Oc1ccc(-c2cc(CCC(=O)O)c(=O)[nH]n2)cc1. The van der Waals surface area contributed by atoms with Gasteiger partial charge in [-0.3, -0.25) is 9.59 Å². The second-order valence-electron chi connectivity index (χ2n) is 5.19. The average Bonchev–Trinajstić information content (AvgIpc) is 2.46. The largest absolute Gasteiger partial charge is 0.491 e. The normalized spacial score (nSPS) is 10.7. The van der Waals surface area contributed by atoms with E-state index in [9.17, 15) is 9.59 Å². The molecule has 6 nitrogen and oxygen atoms in total. The van der Waals surface area contributed by atoms with E-state index in [4.69, 9.17) is 9.84 Å². The molecule has 1 aromatic carbocycles. The van der Waals surface area contributed by atoms with Crippen molar-refractivity contribution in [1.29, 1.82) is 0 Å². The highest BCUT2D eigenvalue weighted by Gasteiger charge is 2.08. The van der Waals surface area contributed by atoms with Crippen molar-refractivity contribution in [3.8, 4) is 17.0 Å². The lowest BCUT2D eigenvalue weighted by molar-refractivity contribution is -0.136. The predicted molar refractivity (Wildman–Crippen MR) is 82.0 cm³/mol. The number of carbonyl (C=O) groups is 1. The van der Waals surface area contributed by atoms with Gasteiger partial charge in [-0.1, -0.05) is 0 Å². The summed E-state index contributed by atoms with van der Waals surface area (Å²) in [6.45, 7) is 3.90. The minimum absolute atomic E-state index is 0.0896. The Bertz CT molecular complexity index is 705. The van der Waals surface area contributed by atoms with Crippen LogP contribution >= 0.6 is 0 Å². The maximum absolute atomic E-state index is 11.7. The summed E-state index contributed by atoms with van der Waals surface area (Å²) >= 11 is 0. The Labute approximate surface area is 127 Å². The molecule has 116 valence electrons. The van der Waals surface area contributed by atoms with Crippen LogP contribution in [-0.4, -0.2) is 27.4 Å². The van der Waals surface area contributed by atoms with E-state index in [0.29, 0.717) is 11.3 Å². The summed E-state index contributed by atoms with van der Waals surface area (Å²) in [4.78, 5) is 22.3. The zero-order chi connectivity index (χ0) is 16.1. The molecule has 0 aliphatic rings. The molecule has 0 unspecified atom stereocenters. The number of carboxylic acids is 1. The number of ether oxygens (including phenoxy) is 1. The summed E-state index contributed by atoms with van der Waals surface area (Å²) in [7, 11) is 0. The lowest BCUT2D eigenvalue weighted by Crippen LogP contribution is -2.15. The molecule has 2 rings (SSSR count). The van der Waals surface area contributed by atoms with Gasteiger partial charge in [0.1, 0.15) is 5.75 Å². The first-order valence-corrected chi connectivity index (χ1v) is 7.03. The summed E-state index contributed by atoms with van der Waals surface area (Å²) in [5.74, 6) is -0.178. The summed E-state index contributed by atoms with van der Waals surface area (Å²) in [6, 6.07) is 8.98. The fourth-order valence-electron chi connectivity index (χ4n) is 2.00. The van der Waals surface area contributed by atoms with Crippen LogP contribution in [0.1, 0.15) is 25.8 Å². The van der Waals surface area contributed by atoms with E-state index < -0.39 is 5.97 Å². The highest BCUT2D eigenvalue weighted by molar-refractivity contribution is 5.67. The third-order valence-electron chi connectivity index (χ3n) is 3.01. The van der Waals surface area contributed by atoms with Crippen molar-refractivity contribution >= 4 is 5.97 Å². The highest BCUT2D eigenvalue weighted by atomic mass is 16.5. The van der Waals surface area contributed by atoms with Crippen LogP contribution in [0.3, 0.4) is 0 Å². The molecular formula is C16H18N2O4. The van der Waals surface area contributed by atoms with E-state index in [1.54, 1.807) is 6.07 Å². The molecule has 0 radical (unpaired) electrons. The number of benzene rings is 1. The van der Waals surface area contributed by atoms with Gasteiger partial charge < -0.3 is 9.84 Å². The Morgan fingerprint density at radius 2 is 2.00 bits per heavy atom. The van der Waals surface area contributed by atoms with Crippen LogP contribution in [0.5, 0.6) is 5.75 Å². The van der Waals surface area contributed by atoms with Crippen molar-refractivity contribution in [2.24, 2.45) is 0 Å². The minimum Gasteiger partial charge on any atom is -0.491 e. The molecule has 0 atom stereocenters. The Morgan fingerprint density at radius 3 is 2.59 bits per heavy atom. The molecule has 0 fully saturated rings. The van der Waals surface area contributed by atoms with E-state index in [2.05, 4.69) is 10.2 Å². The van der Waals surface area contributed by atoms with Crippen LogP contribution in [0, 0.1) is 0 Å². The van der Waals surface area contributed by atoms with Crippen LogP contribution in [0.25, 0.3) is 11.3 Å². The summed E-state index contributed by atoms with van der Waals surface area (Å²) < 4.78 is 5.57. The highest BCUT2D eigenvalue weighted by Crippen LogP contribution is 2.21. The number of aryl methyl sites for hydroxylation is 1. The fourth-order valence-corrected chi connectivity index (χ4v) is 2.00. The van der Waals surface area contributed by atoms with Crippen LogP contribution in [0.4, 0.5) is 0 Å². The van der Waals surface area contributed by atoms with Crippen molar-refractivity contribution in [3.63, 3.8) is 0 Å². The van der Waals surface area contributed by atoms with Gasteiger partial charge in [-0.25, -0.2) is 5.10 Å². The van der Waals surface area contributed by atoms with E-state index in [1.807, 2.05) is 38.1 Å². The van der Waals surface area contributed by atoms with Crippen molar-refractivity contribution < 1.29 is 14.6 Å². The minimum atomic E-state index is -0.937. The number of hydrogen-bond donors (Lipinski definition) is 2. The number of nitrogens with one attached hydrogen (secondary N) is 1. The first-order chi connectivity index (χ1) is 10.5. The van der Waals surface area contributed by atoms with Crippen molar-refractivity contribution in [3.05, 3.63) is 46.2 Å². The Balaban J connectivity index is 2.23. The molecule has 0 aliphatic carbocycles. The second kappa shape index (κ2) is 6.89. The molecule has 1 heterocycles. The maximum atomic E-state index is 11.7. The van der Waals surface area contributed by atoms with Crippen LogP contribution in [-0.2, 0) is 11.2 Å². The zero-order valence-corrected chi connectivity index (χ0v) is 12.5. The molecule has 2 N–H and O–H groups in total. The van der Waals surface area contributed by atoms with Crippen LogP contribution < -0.4 is 10.3 Å². The summed E-state index contributed by atoms with van der Waals surface area (Å²) in [5, 5.41) is 15.1.